The maximum Gasteiger partial charge on any atom is 0.230 e. The Bertz CT molecular complexity index is 685. The van der Waals surface area contributed by atoms with Crippen LogP contribution in [0.5, 0.6) is 11.5 Å². The Balaban J connectivity index is 2.20. The average Bonchev–Trinajstić information content (AvgIpc) is 2.67. The number of benzene rings is 2. The van der Waals surface area contributed by atoms with Crippen LogP contribution in [-0.4, -0.2) is 31.6 Å². The van der Waals surface area contributed by atoms with Crippen LogP contribution in [0.3, 0.4) is 0 Å². The van der Waals surface area contributed by atoms with Crippen molar-refractivity contribution in [3.8, 4) is 11.5 Å². The summed E-state index contributed by atoms with van der Waals surface area (Å²) < 4.78 is 10.6. The van der Waals surface area contributed by atoms with Crippen molar-refractivity contribution >= 4 is 5.91 Å². The number of rotatable bonds is 8. The summed E-state index contributed by atoms with van der Waals surface area (Å²) in [6.45, 7) is 5.28. The summed E-state index contributed by atoms with van der Waals surface area (Å²) in [5, 5.41) is 0. The van der Waals surface area contributed by atoms with E-state index in [9.17, 15) is 4.79 Å². The Kier molecular flexibility index (Phi) is 6.87. The van der Waals surface area contributed by atoms with E-state index < -0.39 is 0 Å². The molecule has 2 aromatic rings. The molecule has 0 aliphatic heterocycles. The molecular formula is C21H27NO3. The third kappa shape index (κ3) is 4.53. The number of likely N-dealkylation sites (N-methyl/N-ethyl adjacent to an activating group) is 1. The zero-order valence-corrected chi connectivity index (χ0v) is 15.5. The molecule has 4 nitrogen and oxygen atoms in total. The standard InChI is InChI=1S/C21H27NO3/c1-5-18(17-10-8-7-9-11-17)21(23)22(6-2)15-16-12-13-19(24-3)20(14-16)25-4/h7-14,18H,5-6,15H2,1-4H3. The molecule has 0 bridgehead atoms. The summed E-state index contributed by atoms with van der Waals surface area (Å²) in [4.78, 5) is 14.9. The van der Waals surface area contributed by atoms with Crippen LogP contribution in [0.25, 0.3) is 0 Å². The fourth-order valence-electron chi connectivity index (χ4n) is 3.00. The summed E-state index contributed by atoms with van der Waals surface area (Å²) in [5.74, 6) is 1.42. The van der Waals surface area contributed by atoms with Gasteiger partial charge in [-0.05, 0) is 36.6 Å². The van der Waals surface area contributed by atoms with Gasteiger partial charge in [-0.2, -0.15) is 0 Å². The van der Waals surface area contributed by atoms with Gasteiger partial charge in [0.15, 0.2) is 11.5 Å². The van der Waals surface area contributed by atoms with Crippen molar-refractivity contribution in [3.05, 3.63) is 59.7 Å². The van der Waals surface area contributed by atoms with Crippen molar-refractivity contribution in [1.29, 1.82) is 0 Å². The maximum absolute atomic E-state index is 13.1. The largest absolute Gasteiger partial charge is 0.493 e. The van der Waals surface area contributed by atoms with E-state index in [-0.39, 0.29) is 11.8 Å². The molecule has 0 fully saturated rings. The minimum atomic E-state index is -0.110. The molecule has 0 spiro atoms. The SMILES string of the molecule is CCC(C(=O)N(CC)Cc1ccc(OC)c(OC)c1)c1ccccc1. The monoisotopic (exact) mass is 341 g/mol. The lowest BCUT2D eigenvalue weighted by atomic mass is 9.95. The zero-order valence-electron chi connectivity index (χ0n) is 15.5. The molecule has 0 saturated carbocycles. The molecule has 0 radical (unpaired) electrons. The molecule has 4 heteroatoms. The minimum absolute atomic E-state index is 0.110. The fraction of sp³-hybridized carbons (Fsp3) is 0.381. The molecule has 1 amide bonds. The van der Waals surface area contributed by atoms with Crippen LogP contribution in [0.1, 0.15) is 37.3 Å². The van der Waals surface area contributed by atoms with E-state index in [2.05, 4.69) is 6.92 Å². The highest BCUT2D eigenvalue weighted by atomic mass is 16.5. The van der Waals surface area contributed by atoms with E-state index in [0.29, 0.717) is 24.6 Å². The fourth-order valence-corrected chi connectivity index (χ4v) is 3.00. The maximum atomic E-state index is 13.1. The number of ether oxygens (including phenoxy) is 2. The first-order valence-corrected chi connectivity index (χ1v) is 8.69. The molecule has 0 heterocycles. The Labute approximate surface area is 150 Å². The first kappa shape index (κ1) is 18.8. The van der Waals surface area contributed by atoms with Crippen LogP contribution in [-0.2, 0) is 11.3 Å². The Hall–Kier alpha value is -2.49. The zero-order chi connectivity index (χ0) is 18.2. The molecule has 0 aromatic heterocycles. The van der Waals surface area contributed by atoms with Gasteiger partial charge in [-0.1, -0.05) is 43.3 Å². The van der Waals surface area contributed by atoms with Crippen LogP contribution in [0, 0.1) is 0 Å². The molecular weight excluding hydrogens is 314 g/mol. The van der Waals surface area contributed by atoms with Gasteiger partial charge >= 0.3 is 0 Å². The highest BCUT2D eigenvalue weighted by Gasteiger charge is 2.23. The van der Waals surface area contributed by atoms with E-state index >= 15 is 0 Å². The summed E-state index contributed by atoms with van der Waals surface area (Å²) >= 11 is 0. The summed E-state index contributed by atoms with van der Waals surface area (Å²) in [6.07, 6.45) is 0.783. The van der Waals surface area contributed by atoms with Crippen molar-refractivity contribution in [2.24, 2.45) is 0 Å². The van der Waals surface area contributed by atoms with Crippen LogP contribution in [0.15, 0.2) is 48.5 Å². The molecule has 1 unspecified atom stereocenters. The van der Waals surface area contributed by atoms with Crippen molar-refractivity contribution in [1.82, 2.24) is 4.90 Å². The lowest BCUT2D eigenvalue weighted by molar-refractivity contribution is -0.133. The Morgan fingerprint density at radius 3 is 2.24 bits per heavy atom. The number of hydrogen-bond donors (Lipinski definition) is 0. The second-order valence-electron chi connectivity index (χ2n) is 5.91. The molecule has 0 saturated heterocycles. The third-order valence-electron chi connectivity index (χ3n) is 4.42. The van der Waals surface area contributed by atoms with E-state index in [1.165, 1.54) is 0 Å². The number of amides is 1. The van der Waals surface area contributed by atoms with Crippen LogP contribution < -0.4 is 9.47 Å². The molecule has 134 valence electrons. The summed E-state index contributed by atoms with van der Waals surface area (Å²) in [7, 11) is 3.23. The van der Waals surface area contributed by atoms with Gasteiger partial charge < -0.3 is 14.4 Å². The first-order valence-electron chi connectivity index (χ1n) is 8.69. The quantitative estimate of drug-likeness (QED) is 0.721. The predicted octanol–water partition coefficient (Wildman–Crippen LogP) is 4.25. The molecule has 0 aliphatic carbocycles. The van der Waals surface area contributed by atoms with Crippen LogP contribution in [0.2, 0.25) is 0 Å². The number of hydrogen-bond acceptors (Lipinski definition) is 3. The van der Waals surface area contributed by atoms with Crippen LogP contribution in [0.4, 0.5) is 0 Å². The van der Waals surface area contributed by atoms with Gasteiger partial charge in [0.25, 0.3) is 0 Å². The minimum Gasteiger partial charge on any atom is -0.493 e. The van der Waals surface area contributed by atoms with Gasteiger partial charge in [0.2, 0.25) is 5.91 Å². The van der Waals surface area contributed by atoms with E-state index in [1.54, 1.807) is 14.2 Å². The number of carbonyl (C=O) groups is 1. The van der Waals surface area contributed by atoms with Gasteiger partial charge in [-0.3, -0.25) is 4.79 Å². The number of nitrogens with zero attached hydrogens (tertiary/aromatic N) is 1. The van der Waals surface area contributed by atoms with E-state index in [1.807, 2.05) is 60.4 Å². The highest BCUT2D eigenvalue weighted by molar-refractivity contribution is 5.83. The molecule has 0 N–H and O–H groups in total. The van der Waals surface area contributed by atoms with Gasteiger partial charge in [0, 0.05) is 13.1 Å². The van der Waals surface area contributed by atoms with Crippen molar-refractivity contribution in [2.45, 2.75) is 32.7 Å². The molecule has 0 aliphatic rings. The molecule has 1 atom stereocenters. The van der Waals surface area contributed by atoms with Crippen LogP contribution >= 0.6 is 0 Å². The predicted molar refractivity (Wildman–Crippen MR) is 100 cm³/mol. The third-order valence-corrected chi connectivity index (χ3v) is 4.42. The number of methoxy groups -OCH3 is 2. The van der Waals surface area contributed by atoms with Crippen molar-refractivity contribution in [3.63, 3.8) is 0 Å². The van der Waals surface area contributed by atoms with E-state index in [4.69, 9.17) is 9.47 Å². The second-order valence-corrected chi connectivity index (χ2v) is 5.91. The van der Waals surface area contributed by atoms with E-state index in [0.717, 1.165) is 17.5 Å². The van der Waals surface area contributed by atoms with Gasteiger partial charge in [-0.15, -0.1) is 0 Å². The Morgan fingerprint density at radius 1 is 1.00 bits per heavy atom. The van der Waals surface area contributed by atoms with Gasteiger partial charge in [0.05, 0.1) is 20.1 Å². The number of carbonyl (C=O) groups excluding carboxylic acids is 1. The average molecular weight is 341 g/mol. The summed E-state index contributed by atoms with van der Waals surface area (Å²) in [5.41, 5.74) is 2.09. The highest BCUT2D eigenvalue weighted by Crippen LogP contribution is 2.29. The molecule has 25 heavy (non-hydrogen) atoms. The van der Waals surface area contributed by atoms with Gasteiger partial charge in [-0.25, -0.2) is 0 Å². The van der Waals surface area contributed by atoms with Gasteiger partial charge in [0.1, 0.15) is 0 Å². The summed E-state index contributed by atoms with van der Waals surface area (Å²) in [6, 6.07) is 15.8. The van der Waals surface area contributed by atoms with Crippen molar-refractivity contribution < 1.29 is 14.3 Å². The first-order chi connectivity index (χ1) is 12.1. The van der Waals surface area contributed by atoms with Crippen molar-refractivity contribution in [2.75, 3.05) is 20.8 Å². The normalized spacial score (nSPS) is 11.7. The lowest BCUT2D eigenvalue weighted by Crippen LogP contribution is -2.34. The topological polar surface area (TPSA) is 38.8 Å². The molecule has 2 aromatic carbocycles. The Morgan fingerprint density at radius 2 is 1.68 bits per heavy atom. The smallest absolute Gasteiger partial charge is 0.230 e. The second kappa shape index (κ2) is 9.11. The molecule has 2 rings (SSSR count). The lowest BCUT2D eigenvalue weighted by Gasteiger charge is -2.26.